The van der Waals surface area contributed by atoms with Gasteiger partial charge in [-0.25, -0.2) is 0 Å². The lowest BCUT2D eigenvalue weighted by Crippen LogP contribution is -2.41. The zero-order valence-corrected chi connectivity index (χ0v) is 20.1. The Balaban J connectivity index is 1.17. The zero-order valence-electron chi connectivity index (χ0n) is 19.3. The Morgan fingerprint density at radius 2 is 2.03 bits per heavy atom. The molecule has 4 aromatic rings. The number of hydrogen-bond acceptors (Lipinski definition) is 6. The van der Waals surface area contributed by atoms with Gasteiger partial charge >= 0.3 is 0 Å². The van der Waals surface area contributed by atoms with Crippen molar-refractivity contribution in [1.82, 2.24) is 24.4 Å². The number of imide groups is 1. The smallest absolute Gasteiger partial charge is 0.255 e. The molecule has 2 fully saturated rings. The number of nitrogens with one attached hydrogen (secondary N) is 1. The largest absolute Gasteiger partial charge is 0.488 e. The van der Waals surface area contributed by atoms with Crippen LogP contribution in [-0.2, 0) is 16.6 Å². The SMILES string of the molecule is Cn1nc(C2CCC(=O)NC2=O)c2cccc(OC3CCN(C(=O)c4cc5sccn5c4)CC3)c21. The third-order valence-electron chi connectivity index (χ3n) is 6.92. The van der Waals surface area contributed by atoms with Gasteiger partial charge in [0.15, 0.2) is 0 Å². The monoisotopic (exact) mass is 491 g/mol. The van der Waals surface area contributed by atoms with Gasteiger partial charge in [0.2, 0.25) is 11.8 Å². The van der Waals surface area contributed by atoms with Gasteiger partial charge in [0.1, 0.15) is 17.4 Å². The highest BCUT2D eigenvalue weighted by Gasteiger charge is 2.32. The average molecular weight is 492 g/mol. The number of rotatable bonds is 4. The molecule has 0 radical (unpaired) electrons. The Labute approximate surface area is 205 Å². The highest BCUT2D eigenvalue weighted by Crippen LogP contribution is 2.35. The maximum Gasteiger partial charge on any atom is 0.255 e. The number of fused-ring (bicyclic) bond motifs is 2. The quantitative estimate of drug-likeness (QED) is 0.443. The summed E-state index contributed by atoms with van der Waals surface area (Å²) in [5.74, 6) is -0.217. The van der Waals surface area contributed by atoms with E-state index in [9.17, 15) is 14.4 Å². The van der Waals surface area contributed by atoms with E-state index < -0.39 is 5.92 Å². The lowest BCUT2D eigenvalue weighted by Gasteiger charge is -2.32. The third-order valence-corrected chi connectivity index (χ3v) is 7.75. The number of nitrogens with zero attached hydrogens (tertiary/aromatic N) is 4. The first-order valence-electron chi connectivity index (χ1n) is 11.8. The molecule has 1 N–H and O–H groups in total. The molecular weight excluding hydrogens is 466 g/mol. The number of ether oxygens (including phenoxy) is 1. The summed E-state index contributed by atoms with van der Waals surface area (Å²) in [6.07, 6.45) is 6.07. The Morgan fingerprint density at radius 1 is 1.20 bits per heavy atom. The standard InChI is InChI=1S/C25H25N5O4S/c1-28-23-17(22(27-28)18-5-6-20(31)26-24(18)32)3-2-4-19(23)34-16-7-9-29(10-8-16)25(33)15-13-21-30(14-15)11-12-35-21/h2-4,11-14,16,18H,5-10H2,1H3,(H,26,31,32). The van der Waals surface area contributed by atoms with Gasteiger partial charge in [-0.2, -0.15) is 5.10 Å². The normalized spacial score (nSPS) is 19.5. The lowest BCUT2D eigenvalue weighted by atomic mass is 9.93. The van der Waals surface area contributed by atoms with Crippen molar-refractivity contribution in [3.8, 4) is 5.75 Å². The van der Waals surface area contributed by atoms with Crippen molar-refractivity contribution in [3.05, 3.63) is 53.3 Å². The van der Waals surface area contributed by atoms with Gasteiger partial charge in [-0.15, -0.1) is 11.3 Å². The van der Waals surface area contributed by atoms with E-state index in [1.54, 1.807) is 16.0 Å². The van der Waals surface area contributed by atoms with E-state index in [4.69, 9.17) is 4.74 Å². The van der Waals surface area contributed by atoms with Crippen LogP contribution in [0.2, 0.25) is 0 Å². The van der Waals surface area contributed by atoms with Crippen molar-refractivity contribution in [2.24, 2.45) is 7.05 Å². The highest BCUT2D eigenvalue weighted by molar-refractivity contribution is 7.15. The van der Waals surface area contributed by atoms with Crippen molar-refractivity contribution >= 4 is 44.8 Å². The van der Waals surface area contributed by atoms with E-state index in [0.29, 0.717) is 37.4 Å². The van der Waals surface area contributed by atoms with Crippen molar-refractivity contribution in [2.45, 2.75) is 37.7 Å². The second-order valence-electron chi connectivity index (χ2n) is 9.15. The molecule has 6 rings (SSSR count). The summed E-state index contributed by atoms with van der Waals surface area (Å²) in [6, 6.07) is 7.72. The molecule has 1 atom stereocenters. The molecule has 2 aliphatic rings. The number of amides is 3. The molecule has 0 bridgehead atoms. The summed E-state index contributed by atoms with van der Waals surface area (Å²) < 4.78 is 10.1. The molecular formula is C25H25N5O4S. The summed E-state index contributed by atoms with van der Waals surface area (Å²) >= 11 is 1.61. The van der Waals surface area contributed by atoms with Crippen LogP contribution in [0.15, 0.2) is 42.0 Å². The molecule has 1 aromatic carbocycles. The summed E-state index contributed by atoms with van der Waals surface area (Å²) in [6.45, 7) is 1.27. The highest BCUT2D eigenvalue weighted by atomic mass is 32.1. The molecule has 2 aliphatic heterocycles. The van der Waals surface area contributed by atoms with Crippen LogP contribution >= 0.6 is 11.3 Å². The van der Waals surface area contributed by atoms with E-state index >= 15 is 0 Å². The summed E-state index contributed by atoms with van der Waals surface area (Å²) in [5.41, 5.74) is 2.22. The predicted molar refractivity (Wildman–Crippen MR) is 131 cm³/mol. The van der Waals surface area contributed by atoms with Gasteiger partial charge in [-0.3, -0.25) is 24.4 Å². The van der Waals surface area contributed by atoms with Crippen molar-refractivity contribution in [2.75, 3.05) is 13.1 Å². The Hall–Kier alpha value is -3.66. The maximum absolute atomic E-state index is 13.0. The first kappa shape index (κ1) is 21.8. The number of hydrogen-bond donors (Lipinski definition) is 1. The van der Waals surface area contributed by atoms with E-state index in [-0.39, 0.29) is 23.8 Å². The molecule has 2 saturated heterocycles. The molecule has 0 aliphatic carbocycles. The first-order valence-corrected chi connectivity index (χ1v) is 12.7. The van der Waals surface area contributed by atoms with Gasteiger partial charge in [0.05, 0.1) is 22.0 Å². The number of para-hydroxylation sites is 1. The van der Waals surface area contributed by atoms with Crippen LogP contribution in [0.4, 0.5) is 0 Å². The Morgan fingerprint density at radius 3 is 2.80 bits per heavy atom. The topological polar surface area (TPSA) is 97.9 Å². The van der Waals surface area contributed by atoms with Crippen LogP contribution in [-0.4, -0.2) is 56.0 Å². The molecule has 9 nitrogen and oxygen atoms in total. The van der Waals surface area contributed by atoms with E-state index in [2.05, 4.69) is 10.4 Å². The molecule has 35 heavy (non-hydrogen) atoms. The minimum atomic E-state index is -0.453. The molecule has 10 heteroatoms. The number of aromatic nitrogens is 3. The molecule has 3 aromatic heterocycles. The number of aryl methyl sites for hydroxylation is 1. The van der Waals surface area contributed by atoms with Crippen LogP contribution in [0, 0.1) is 0 Å². The molecule has 0 saturated carbocycles. The van der Waals surface area contributed by atoms with Crippen LogP contribution in [0.1, 0.15) is 47.7 Å². The zero-order chi connectivity index (χ0) is 24.1. The lowest BCUT2D eigenvalue weighted by molar-refractivity contribution is -0.134. The van der Waals surface area contributed by atoms with Crippen molar-refractivity contribution in [3.63, 3.8) is 0 Å². The van der Waals surface area contributed by atoms with Gasteiger partial charge in [0, 0.05) is 62.6 Å². The molecule has 0 spiro atoms. The maximum atomic E-state index is 13.0. The van der Waals surface area contributed by atoms with E-state index in [1.807, 2.05) is 58.4 Å². The minimum absolute atomic E-state index is 0.0175. The number of benzene rings is 1. The fourth-order valence-electron chi connectivity index (χ4n) is 5.13. The number of piperidine rings is 2. The number of carbonyl (C=O) groups excluding carboxylic acids is 3. The second-order valence-corrected chi connectivity index (χ2v) is 10.1. The van der Waals surface area contributed by atoms with E-state index in [1.165, 1.54) is 0 Å². The second kappa shape index (κ2) is 8.53. The number of carbonyl (C=O) groups is 3. The molecule has 180 valence electrons. The Kier molecular flexibility index (Phi) is 5.32. The van der Waals surface area contributed by atoms with Crippen molar-refractivity contribution < 1.29 is 19.1 Å². The number of thiazole rings is 1. The predicted octanol–water partition coefficient (Wildman–Crippen LogP) is 3.09. The fourth-order valence-corrected chi connectivity index (χ4v) is 5.89. The summed E-state index contributed by atoms with van der Waals surface area (Å²) in [4.78, 5) is 39.9. The summed E-state index contributed by atoms with van der Waals surface area (Å²) in [5, 5.41) is 9.92. The third kappa shape index (κ3) is 3.87. The molecule has 1 unspecified atom stereocenters. The van der Waals surface area contributed by atoms with Crippen LogP contribution in [0.3, 0.4) is 0 Å². The van der Waals surface area contributed by atoms with Gasteiger partial charge in [0.25, 0.3) is 5.91 Å². The first-order chi connectivity index (χ1) is 17.0. The van der Waals surface area contributed by atoms with E-state index in [0.717, 1.165) is 34.1 Å². The minimum Gasteiger partial charge on any atom is -0.488 e. The fraction of sp³-hybridized carbons (Fsp3) is 0.360. The van der Waals surface area contributed by atoms with Gasteiger partial charge in [-0.05, 0) is 18.6 Å². The summed E-state index contributed by atoms with van der Waals surface area (Å²) in [7, 11) is 1.84. The molecule has 3 amide bonds. The Bertz CT molecular complexity index is 1430. The van der Waals surface area contributed by atoms with Crippen LogP contribution in [0.5, 0.6) is 5.75 Å². The molecule has 5 heterocycles. The van der Waals surface area contributed by atoms with Gasteiger partial charge in [-0.1, -0.05) is 12.1 Å². The van der Waals surface area contributed by atoms with Crippen LogP contribution < -0.4 is 10.1 Å². The number of likely N-dealkylation sites (tertiary alicyclic amines) is 1. The van der Waals surface area contributed by atoms with Crippen LogP contribution in [0.25, 0.3) is 15.7 Å². The van der Waals surface area contributed by atoms with Crippen molar-refractivity contribution in [1.29, 1.82) is 0 Å². The average Bonchev–Trinajstić information content (AvgIpc) is 3.54. The van der Waals surface area contributed by atoms with Gasteiger partial charge < -0.3 is 14.0 Å².